The smallest absolute Gasteiger partial charge is 0.236 e. The predicted octanol–water partition coefficient (Wildman–Crippen LogP) is 1.06. The normalized spacial score (nSPS) is 27.4. The summed E-state index contributed by atoms with van der Waals surface area (Å²) in [4.78, 5) is 11.6. The standard InChI is InChI=1S/C12H24N2O2/c1-4-13-12(15)9(2)14-10-6-5-7-11(8-10)16-3/h9-11,14H,4-8H2,1-3H3,(H,13,15). The van der Waals surface area contributed by atoms with Crippen LogP contribution in [0.4, 0.5) is 0 Å². The van der Waals surface area contributed by atoms with Gasteiger partial charge in [0.1, 0.15) is 0 Å². The molecular formula is C12H24N2O2. The van der Waals surface area contributed by atoms with Gasteiger partial charge in [0.25, 0.3) is 0 Å². The van der Waals surface area contributed by atoms with Crippen LogP contribution in [-0.4, -0.2) is 37.7 Å². The molecule has 94 valence electrons. The number of rotatable bonds is 5. The molecule has 0 radical (unpaired) electrons. The Labute approximate surface area is 98.1 Å². The Hall–Kier alpha value is -0.610. The van der Waals surface area contributed by atoms with E-state index in [0.29, 0.717) is 18.7 Å². The minimum atomic E-state index is -0.111. The van der Waals surface area contributed by atoms with Crippen LogP contribution < -0.4 is 10.6 Å². The second kappa shape index (κ2) is 6.86. The lowest BCUT2D eigenvalue weighted by Gasteiger charge is -2.30. The van der Waals surface area contributed by atoms with Crippen LogP contribution in [0.5, 0.6) is 0 Å². The third-order valence-corrected chi connectivity index (χ3v) is 3.19. The lowest BCUT2D eigenvalue weighted by atomic mass is 9.92. The van der Waals surface area contributed by atoms with E-state index in [4.69, 9.17) is 4.74 Å². The van der Waals surface area contributed by atoms with Gasteiger partial charge < -0.3 is 15.4 Å². The highest BCUT2D eigenvalue weighted by atomic mass is 16.5. The Kier molecular flexibility index (Phi) is 5.77. The Balaban J connectivity index is 2.32. The van der Waals surface area contributed by atoms with E-state index in [1.807, 2.05) is 13.8 Å². The van der Waals surface area contributed by atoms with Crippen molar-refractivity contribution in [2.75, 3.05) is 13.7 Å². The summed E-state index contributed by atoms with van der Waals surface area (Å²) in [5.74, 6) is 0.0852. The Morgan fingerprint density at radius 2 is 2.25 bits per heavy atom. The first-order chi connectivity index (χ1) is 7.67. The van der Waals surface area contributed by atoms with E-state index < -0.39 is 0 Å². The number of methoxy groups -OCH3 is 1. The molecule has 2 N–H and O–H groups in total. The molecule has 0 saturated heterocycles. The van der Waals surface area contributed by atoms with Gasteiger partial charge in [-0.05, 0) is 39.5 Å². The zero-order chi connectivity index (χ0) is 12.0. The number of ether oxygens (including phenoxy) is 1. The second-order valence-corrected chi connectivity index (χ2v) is 4.50. The Morgan fingerprint density at radius 1 is 1.50 bits per heavy atom. The number of carbonyl (C=O) groups excluding carboxylic acids is 1. The monoisotopic (exact) mass is 228 g/mol. The molecule has 1 saturated carbocycles. The van der Waals surface area contributed by atoms with Crippen LogP contribution in [-0.2, 0) is 9.53 Å². The van der Waals surface area contributed by atoms with Gasteiger partial charge in [-0.1, -0.05) is 0 Å². The van der Waals surface area contributed by atoms with E-state index in [1.165, 1.54) is 6.42 Å². The third-order valence-electron chi connectivity index (χ3n) is 3.19. The molecule has 0 aromatic rings. The average molecular weight is 228 g/mol. The number of nitrogens with one attached hydrogen (secondary N) is 2. The molecule has 3 atom stereocenters. The van der Waals surface area contributed by atoms with Crippen LogP contribution in [0.3, 0.4) is 0 Å². The van der Waals surface area contributed by atoms with Gasteiger partial charge in [-0.15, -0.1) is 0 Å². The SMILES string of the molecule is CCNC(=O)C(C)NC1CCCC(OC)C1. The van der Waals surface area contributed by atoms with Crippen molar-refractivity contribution in [3.63, 3.8) is 0 Å². The van der Waals surface area contributed by atoms with Crippen molar-refractivity contribution in [1.82, 2.24) is 10.6 Å². The van der Waals surface area contributed by atoms with Crippen LogP contribution in [0.15, 0.2) is 0 Å². The highest BCUT2D eigenvalue weighted by molar-refractivity contribution is 5.81. The maximum absolute atomic E-state index is 11.6. The molecule has 16 heavy (non-hydrogen) atoms. The molecule has 1 aliphatic rings. The van der Waals surface area contributed by atoms with E-state index in [1.54, 1.807) is 7.11 Å². The van der Waals surface area contributed by atoms with Gasteiger partial charge >= 0.3 is 0 Å². The minimum Gasteiger partial charge on any atom is -0.381 e. The predicted molar refractivity (Wildman–Crippen MR) is 64.3 cm³/mol. The summed E-state index contributed by atoms with van der Waals surface area (Å²) in [6, 6.07) is 0.303. The average Bonchev–Trinajstić information content (AvgIpc) is 2.29. The van der Waals surface area contributed by atoms with Crippen molar-refractivity contribution in [1.29, 1.82) is 0 Å². The first-order valence-electron chi connectivity index (χ1n) is 6.24. The van der Waals surface area contributed by atoms with Gasteiger partial charge in [0.2, 0.25) is 5.91 Å². The maximum atomic E-state index is 11.6. The summed E-state index contributed by atoms with van der Waals surface area (Å²) in [5, 5.41) is 6.20. The van der Waals surface area contributed by atoms with Gasteiger partial charge in [-0.3, -0.25) is 4.79 Å². The van der Waals surface area contributed by atoms with Gasteiger partial charge in [-0.2, -0.15) is 0 Å². The van der Waals surface area contributed by atoms with Gasteiger partial charge in [0.15, 0.2) is 0 Å². The lowest BCUT2D eigenvalue weighted by molar-refractivity contribution is -0.123. The molecule has 0 aliphatic heterocycles. The topological polar surface area (TPSA) is 50.4 Å². The Morgan fingerprint density at radius 3 is 2.88 bits per heavy atom. The van der Waals surface area contributed by atoms with Crippen LogP contribution in [0.25, 0.3) is 0 Å². The van der Waals surface area contributed by atoms with E-state index in [-0.39, 0.29) is 11.9 Å². The van der Waals surface area contributed by atoms with Crippen molar-refractivity contribution in [2.45, 2.75) is 57.7 Å². The molecule has 0 heterocycles. The van der Waals surface area contributed by atoms with Crippen LogP contribution in [0.1, 0.15) is 39.5 Å². The highest BCUT2D eigenvalue weighted by Crippen LogP contribution is 2.20. The number of amides is 1. The fourth-order valence-electron chi connectivity index (χ4n) is 2.27. The maximum Gasteiger partial charge on any atom is 0.236 e. The molecular weight excluding hydrogens is 204 g/mol. The molecule has 1 aliphatic carbocycles. The zero-order valence-corrected chi connectivity index (χ0v) is 10.6. The van der Waals surface area contributed by atoms with Gasteiger partial charge in [-0.25, -0.2) is 0 Å². The van der Waals surface area contributed by atoms with Crippen molar-refractivity contribution >= 4 is 5.91 Å². The quantitative estimate of drug-likeness (QED) is 0.739. The summed E-state index contributed by atoms with van der Waals surface area (Å²) in [5.41, 5.74) is 0. The summed E-state index contributed by atoms with van der Waals surface area (Å²) in [6.07, 6.45) is 4.83. The summed E-state index contributed by atoms with van der Waals surface area (Å²) < 4.78 is 5.37. The fraction of sp³-hybridized carbons (Fsp3) is 0.917. The van der Waals surface area contributed by atoms with E-state index in [0.717, 1.165) is 19.3 Å². The molecule has 1 amide bonds. The molecule has 3 unspecified atom stereocenters. The number of likely N-dealkylation sites (N-methyl/N-ethyl adjacent to an activating group) is 1. The molecule has 0 spiro atoms. The molecule has 1 fully saturated rings. The minimum absolute atomic E-state index is 0.0852. The van der Waals surface area contributed by atoms with E-state index in [2.05, 4.69) is 10.6 Å². The molecule has 4 nitrogen and oxygen atoms in total. The molecule has 0 bridgehead atoms. The van der Waals surface area contributed by atoms with Crippen LogP contribution in [0, 0.1) is 0 Å². The zero-order valence-electron chi connectivity index (χ0n) is 10.6. The third kappa shape index (κ3) is 4.10. The van der Waals surface area contributed by atoms with E-state index in [9.17, 15) is 4.79 Å². The number of hydrogen-bond acceptors (Lipinski definition) is 3. The lowest BCUT2D eigenvalue weighted by Crippen LogP contribution is -2.48. The largest absolute Gasteiger partial charge is 0.381 e. The van der Waals surface area contributed by atoms with Crippen molar-refractivity contribution in [3.05, 3.63) is 0 Å². The second-order valence-electron chi connectivity index (χ2n) is 4.50. The molecule has 1 rings (SSSR count). The number of carbonyl (C=O) groups is 1. The summed E-state index contributed by atoms with van der Waals surface area (Å²) >= 11 is 0. The Bertz CT molecular complexity index is 221. The van der Waals surface area contributed by atoms with Crippen LogP contribution in [0.2, 0.25) is 0 Å². The van der Waals surface area contributed by atoms with Gasteiger partial charge in [0, 0.05) is 19.7 Å². The molecule has 0 aromatic heterocycles. The van der Waals surface area contributed by atoms with Crippen molar-refractivity contribution in [3.8, 4) is 0 Å². The van der Waals surface area contributed by atoms with Crippen LogP contribution >= 0.6 is 0 Å². The van der Waals surface area contributed by atoms with Gasteiger partial charge in [0.05, 0.1) is 12.1 Å². The molecule has 0 aromatic carbocycles. The summed E-state index contributed by atoms with van der Waals surface area (Å²) in [7, 11) is 1.76. The first kappa shape index (κ1) is 13.5. The molecule has 4 heteroatoms. The van der Waals surface area contributed by atoms with Crippen molar-refractivity contribution in [2.24, 2.45) is 0 Å². The fourth-order valence-corrected chi connectivity index (χ4v) is 2.27. The summed E-state index contributed by atoms with van der Waals surface area (Å²) in [6.45, 7) is 4.55. The first-order valence-corrected chi connectivity index (χ1v) is 6.24. The van der Waals surface area contributed by atoms with Crippen molar-refractivity contribution < 1.29 is 9.53 Å². The number of hydrogen-bond donors (Lipinski definition) is 2. The van der Waals surface area contributed by atoms with E-state index >= 15 is 0 Å². The highest BCUT2D eigenvalue weighted by Gasteiger charge is 2.24.